The summed E-state index contributed by atoms with van der Waals surface area (Å²) in [5.41, 5.74) is 7.17. The van der Waals surface area contributed by atoms with Gasteiger partial charge in [-0.3, -0.25) is 43.9 Å². The molecule has 1 saturated carbocycles. The number of imide groups is 1. The highest BCUT2D eigenvalue weighted by Crippen LogP contribution is 2.29. The van der Waals surface area contributed by atoms with Gasteiger partial charge in [-0.1, -0.05) is 116 Å². The summed E-state index contributed by atoms with van der Waals surface area (Å²) in [6.45, 7) is 7.60. The van der Waals surface area contributed by atoms with Crippen LogP contribution in [0.1, 0.15) is 103 Å². The van der Waals surface area contributed by atoms with Crippen LogP contribution in [0.15, 0.2) is 78.1 Å². The van der Waals surface area contributed by atoms with E-state index in [2.05, 4.69) is 25.9 Å². The second-order valence-electron chi connectivity index (χ2n) is 16.4. The summed E-state index contributed by atoms with van der Waals surface area (Å²) in [4.78, 5) is 103. The van der Waals surface area contributed by atoms with Crippen molar-refractivity contribution in [2.24, 2.45) is 23.5 Å². The zero-order valence-corrected chi connectivity index (χ0v) is 37.4. The van der Waals surface area contributed by atoms with Crippen LogP contribution in [0.5, 0.6) is 0 Å². The second-order valence-corrected chi connectivity index (χ2v) is 18.3. The number of ketones is 1. The predicted octanol–water partition coefficient (Wildman–Crippen LogP) is 3.44. The molecule has 4 rings (SSSR count). The minimum atomic E-state index is -4.88. The van der Waals surface area contributed by atoms with Crippen LogP contribution in [-0.4, -0.2) is 94.6 Å². The number of aromatic nitrogens is 2. The lowest BCUT2D eigenvalue weighted by molar-refractivity contribution is -0.142. The normalized spacial score (nSPS) is 15.5. The smallest absolute Gasteiger partial charge is 0.295 e. The van der Waals surface area contributed by atoms with Gasteiger partial charge in [0.1, 0.15) is 30.4 Å². The quantitative estimate of drug-likeness (QED) is 0.0965. The molecule has 6 N–H and O–H groups in total. The zero-order chi connectivity index (χ0) is 46.3. The van der Waals surface area contributed by atoms with Gasteiger partial charge in [0.2, 0.25) is 23.5 Å². The van der Waals surface area contributed by atoms with Crippen LogP contribution in [0.4, 0.5) is 0 Å². The number of rotatable bonds is 21. The van der Waals surface area contributed by atoms with Gasteiger partial charge in [0.05, 0.1) is 17.1 Å². The summed E-state index contributed by atoms with van der Waals surface area (Å²) in [5, 5.41) is 10.1. The molecule has 340 valence electrons. The van der Waals surface area contributed by atoms with Gasteiger partial charge in [-0.15, -0.1) is 0 Å². The molecular formula is C45H60N8O9S. The average Bonchev–Trinajstić information content (AvgIpc) is 3.29. The molecule has 0 unspecified atom stereocenters. The van der Waals surface area contributed by atoms with E-state index in [9.17, 15) is 42.0 Å². The van der Waals surface area contributed by atoms with Crippen molar-refractivity contribution < 1.29 is 42.0 Å². The maximum absolute atomic E-state index is 14.9. The first-order chi connectivity index (χ1) is 30.0. The fourth-order valence-electron chi connectivity index (χ4n) is 7.29. The van der Waals surface area contributed by atoms with E-state index >= 15 is 0 Å². The van der Waals surface area contributed by atoms with Crippen molar-refractivity contribution in [3.05, 3.63) is 78.9 Å². The van der Waals surface area contributed by atoms with Gasteiger partial charge >= 0.3 is 0 Å². The van der Waals surface area contributed by atoms with Crippen molar-refractivity contribution in [1.29, 1.82) is 0 Å². The zero-order valence-electron chi connectivity index (χ0n) is 36.5. The van der Waals surface area contributed by atoms with Gasteiger partial charge in [0, 0.05) is 12.4 Å². The first-order valence-corrected chi connectivity index (χ1v) is 22.9. The Hall–Kier alpha value is -5.88. The molecule has 1 aliphatic rings. The van der Waals surface area contributed by atoms with Gasteiger partial charge in [-0.25, -0.2) is 17.7 Å². The molecule has 17 nitrogen and oxygen atoms in total. The van der Waals surface area contributed by atoms with Crippen LogP contribution in [0, 0.1) is 17.8 Å². The topological polar surface area (TPSA) is 257 Å². The summed E-state index contributed by atoms with van der Waals surface area (Å²) in [5.74, 6) is -7.71. The molecule has 0 saturated heterocycles. The van der Waals surface area contributed by atoms with Crippen LogP contribution < -0.4 is 27.0 Å². The van der Waals surface area contributed by atoms with Crippen molar-refractivity contribution in [1.82, 2.24) is 35.5 Å². The van der Waals surface area contributed by atoms with Crippen molar-refractivity contribution in [3.63, 3.8) is 0 Å². The average molecular weight is 889 g/mol. The Morgan fingerprint density at radius 2 is 1.44 bits per heavy atom. The number of carbonyl (C=O) groups excluding carboxylic acids is 7. The minimum Gasteiger partial charge on any atom is -0.342 e. The van der Waals surface area contributed by atoms with Crippen molar-refractivity contribution >= 4 is 51.2 Å². The lowest BCUT2D eigenvalue weighted by Gasteiger charge is -2.32. The molecule has 63 heavy (non-hydrogen) atoms. The third-order valence-corrected chi connectivity index (χ3v) is 12.9. The van der Waals surface area contributed by atoms with E-state index in [0.717, 1.165) is 24.8 Å². The standard InChI is InChI=1S/C45H60N8O9S/c1-6-29(5)39(52-41(56)35(24-28(3)4)49-42(57)37-26-47-22-23-48-37)43(58)50-36(25-30-14-10-8-11-15-30)45(60)53(27-38(54)51-44(59)40(55)34(46)7-2)63(61,62)33-20-18-32(19-21-33)31-16-12-9-13-17-31/h9,12-13,16-23,26,28-30,34-36,39H,6-8,10-11,14-15,24-25,27,46H2,1-5H3,(H,49,57)(H,50,58)(H,52,56)(H,51,54,59)/t29-,34-,35-,36-,39-/m0/s1. The number of nitrogens with one attached hydrogen (secondary N) is 4. The molecule has 0 spiro atoms. The molecule has 0 radical (unpaired) electrons. The van der Waals surface area contributed by atoms with Crippen molar-refractivity contribution in [2.75, 3.05) is 6.54 Å². The molecule has 1 heterocycles. The predicted molar refractivity (Wildman–Crippen MR) is 234 cm³/mol. The van der Waals surface area contributed by atoms with Gasteiger partial charge < -0.3 is 21.7 Å². The van der Waals surface area contributed by atoms with E-state index < -0.39 is 87.9 Å². The van der Waals surface area contributed by atoms with Crippen LogP contribution >= 0.6 is 0 Å². The van der Waals surface area contributed by atoms with Crippen LogP contribution in [0.25, 0.3) is 11.1 Å². The molecule has 0 aliphatic heterocycles. The Bertz CT molecular complexity index is 2170. The van der Waals surface area contributed by atoms with Gasteiger partial charge in [0.25, 0.3) is 27.7 Å². The largest absolute Gasteiger partial charge is 0.342 e. The monoisotopic (exact) mass is 888 g/mol. The molecule has 1 aromatic heterocycles. The number of hydrogen-bond donors (Lipinski definition) is 5. The molecule has 3 aromatic rings. The van der Waals surface area contributed by atoms with Gasteiger partial charge in [0.15, 0.2) is 0 Å². The molecule has 0 bridgehead atoms. The molecule has 5 atom stereocenters. The Labute approximate surface area is 369 Å². The number of amides is 6. The summed E-state index contributed by atoms with van der Waals surface area (Å²) in [7, 11) is -4.88. The Kier molecular flexibility index (Phi) is 18.6. The van der Waals surface area contributed by atoms with E-state index in [1.165, 1.54) is 30.7 Å². The van der Waals surface area contributed by atoms with E-state index in [-0.39, 0.29) is 41.7 Å². The first kappa shape index (κ1) is 49.8. The molecule has 6 amide bonds. The second kappa shape index (κ2) is 23.5. The maximum Gasteiger partial charge on any atom is 0.295 e. The fourth-order valence-corrected chi connectivity index (χ4v) is 8.68. The molecule has 2 aromatic carbocycles. The molecule has 1 fully saturated rings. The van der Waals surface area contributed by atoms with E-state index in [4.69, 9.17) is 5.73 Å². The number of nitrogens with two attached hydrogens (primary N) is 1. The number of hydrogen-bond acceptors (Lipinski definition) is 12. The summed E-state index contributed by atoms with van der Waals surface area (Å²) >= 11 is 0. The molecular weight excluding hydrogens is 829 g/mol. The Morgan fingerprint density at radius 1 is 0.794 bits per heavy atom. The Morgan fingerprint density at radius 3 is 2.03 bits per heavy atom. The van der Waals surface area contributed by atoms with Crippen LogP contribution in [-0.2, 0) is 38.8 Å². The number of nitrogens with zero attached hydrogens (tertiary/aromatic N) is 3. The summed E-state index contributed by atoms with van der Waals surface area (Å²) in [6, 6.07) is 9.71. The van der Waals surface area contributed by atoms with Gasteiger partial charge in [-0.05, 0) is 60.3 Å². The fraction of sp³-hybridized carbons (Fsp3) is 0.489. The third-order valence-electron chi connectivity index (χ3n) is 11.2. The van der Waals surface area contributed by atoms with Crippen molar-refractivity contribution in [2.45, 2.75) is 121 Å². The van der Waals surface area contributed by atoms with E-state index in [1.54, 1.807) is 32.9 Å². The SMILES string of the molecule is CC[C@H](N)C(=O)C(=O)NC(=O)CN(C(=O)[C@H](CC1CCCCC1)NC(=O)[C@@H](NC(=O)[C@H](CC(C)C)NC(=O)c1cnccn1)[C@@H](C)CC)S(=O)(=O)c1ccc(-c2ccccc2)cc1. The highest BCUT2D eigenvalue weighted by molar-refractivity contribution is 7.89. The number of carbonyl (C=O) groups is 7. The highest BCUT2D eigenvalue weighted by Gasteiger charge is 2.40. The summed E-state index contributed by atoms with van der Waals surface area (Å²) < 4.78 is 29.4. The first-order valence-electron chi connectivity index (χ1n) is 21.5. The maximum atomic E-state index is 14.9. The Balaban J connectivity index is 1.71. The van der Waals surface area contributed by atoms with E-state index in [1.807, 2.05) is 49.5 Å². The number of benzene rings is 2. The van der Waals surface area contributed by atoms with Gasteiger partial charge in [-0.2, -0.15) is 0 Å². The van der Waals surface area contributed by atoms with Crippen LogP contribution in [0.2, 0.25) is 0 Å². The minimum absolute atomic E-state index is 0.000751. The number of sulfonamides is 1. The van der Waals surface area contributed by atoms with Crippen LogP contribution in [0.3, 0.4) is 0 Å². The summed E-state index contributed by atoms with van der Waals surface area (Å²) in [6.07, 6.45) is 8.72. The molecule has 1 aliphatic carbocycles. The third kappa shape index (κ3) is 14.1. The molecule has 18 heteroatoms. The van der Waals surface area contributed by atoms with E-state index in [0.29, 0.717) is 29.1 Å². The lowest BCUT2D eigenvalue weighted by atomic mass is 9.84. The highest BCUT2D eigenvalue weighted by atomic mass is 32.2. The van der Waals surface area contributed by atoms with Crippen molar-refractivity contribution in [3.8, 4) is 11.1 Å². The lowest BCUT2D eigenvalue weighted by Crippen LogP contribution is -2.60. The number of Topliss-reactive ketones (excluding diaryl/α,β-unsaturated/α-hetero) is 1.